The molecule has 1 amide bonds. The van der Waals surface area contributed by atoms with Gasteiger partial charge in [-0.05, 0) is 24.1 Å². The van der Waals surface area contributed by atoms with Gasteiger partial charge in [-0.15, -0.1) is 0 Å². The Balaban J connectivity index is 1.38. The summed E-state index contributed by atoms with van der Waals surface area (Å²) >= 11 is 0. The van der Waals surface area contributed by atoms with E-state index in [2.05, 4.69) is 5.32 Å². The van der Waals surface area contributed by atoms with E-state index >= 15 is 0 Å². The zero-order valence-electron chi connectivity index (χ0n) is 17.4. The lowest BCUT2D eigenvalue weighted by molar-refractivity contribution is 0.0827. The molecule has 7 heteroatoms. The number of rotatable bonds is 10. The lowest BCUT2D eigenvalue weighted by Crippen LogP contribution is -2.53. The summed E-state index contributed by atoms with van der Waals surface area (Å²) in [4.78, 5) is 14.1. The van der Waals surface area contributed by atoms with Crippen molar-refractivity contribution in [3.8, 4) is 11.5 Å². The first-order valence-electron chi connectivity index (χ1n) is 10.3. The van der Waals surface area contributed by atoms with Crippen LogP contribution in [0.5, 0.6) is 11.5 Å². The van der Waals surface area contributed by atoms with Crippen LogP contribution in [0.3, 0.4) is 0 Å². The number of amides is 1. The molecule has 0 aliphatic carbocycles. The summed E-state index contributed by atoms with van der Waals surface area (Å²) < 4.78 is 21.9. The van der Waals surface area contributed by atoms with Gasteiger partial charge in [0.2, 0.25) is 0 Å². The molecule has 2 aromatic carbocycles. The third kappa shape index (κ3) is 7.24. The molecule has 30 heavy (non-hydrogen) atoms. The summed E-state index contributed by atoms with van der Waals surface area (Å²) in [7, 11) is 1.65. The largest absolute Gasteiger partial charge is 0.493 e. The molecule has 1 aliphatic rings. The molecule has 1 N–H and O–H groups in total. The van der Waals surface area contributed by atoms with Gasteiger partial charge in [0, 0.05) is 38.9 Å². The minimum absolute atomic E-state index is 0.171. The molecule has 1 atom stereocenters. The van der Waals surface area contributed by atoms with E-state index in [1.165, 1.54) is 0 Å². The van der Waals surface area contributed by atoms with Gasteiger partial charge in [0.25, 0.3) is 0 Å². The molecule has 0 radical (unpaired) electrons. The average molecular weight is 415 g/mol. The van der Waals surface area contributed by atoms with Crippen molar-refractivity contribution >= 4 is 6.09 Å². The Bertz CT molecular complexity index is 771. The van der Waals surface area contributed by atoms with Gasteiger partial charge in [-0.3, -0.25) is 0 Å². The van der Waals surface area contributed by atoms with Crippen LogP contribution in [0.4, 0.5) is 4.79 Å². The minimum atomic E-state index is -0.271. The van der Waals surface area contributed by atoms with E-state index in [1.807, 2.05) is 54.6 Å². The Labute approximate surface area is 177 Å². The smallest absolute Gasteiger partial charge is 0.410 e. The number of carbonyl (C=O) groups is 1. The Hall–Kier alpha value is -2.77. The molecule has 0 spiro atoms. The number of nitrogens with one attached hydrogen (secondary N) is 1. The second-order valence-electron chi connectivity index (χ2n) is 7.09. The predicted octanol–water partition coefficient (Wildman–Crippen LogP) is 3.09. The zero-order valence-corrected chi connectivity index (χ0v) is 17.4. The van der Waals surface area contributed by atoms with Gasteiger partial charge < -0.3 is 29.2 Å². The van der Waals surface area contributed by atoms with Gasteiger partial charge in [0.1, 0.15) is 24.7 Å². The van der Waals surface area contributed by atoms with Gasteiger partial charge in [-0.2, -0.15) is 0 Å². The van der Waals surface area contributed by atoms with Crippen LogP contribution in [0.2, 0.25) is 0 Å². The van der Waals surface area contributed by atoms with E-state index in [1.54, 1.807) is 12.0 Å². The van der Waals surface area contributed by atoms with E-state index in [0.29, 0.717) is 39.5 Å². The molecular formula is C23H30N2O5. The maximum Gasteiger partial charge on any atom is 0.410 e. The molecule has 162 valence electrons. The molecule has 1 saturated heterocycles. The first kappa shape index (κ1) is 21.9. The number of methoxy groups -OCH3 is 1. The number of hydrogen-bond donors (Lipinski definition) is 1. The second-order valence-corrected chi connectivity index (χ2v) is 7.09. The fraction of sp³-hybridized carbons (Fsp3) is 0.435. The summed E-state index contributed by atoms with van der Waals surface area (Å²) in [5.41, 5.74) is 0.986. The summed E-state index contributed by atoms with van der Waals surface area (Å²) in [5.74, 6) is 1.52. The highest BCUT2D eigenvalue weighted by Gasteiger charge is 2.24. The highest BCUT2D eigenvalue weighted by Crippen LogP contribution is 2.20. The zero-order chi connectivity index (χ0) is 21.0. The summed E-state index contributed by atoms with van der Waals surface area (Å²) in [5, 5.41) is 3.44. The standard InChI is InChI=1S/C23H30N2O5/c1-27-14-15-29-22-9-5-8-21(16-22)28-13-10-20-17-25(12-11-24-20)23(26)30-18-19-6-3-2-4-7-19/h2-9,16,20,24H,10-15,17-18H2,1H3/t20-/m1/s1. The van der Waals surface area contributed by atoms with Crippen molar-refractivity contribution in [3.05, 3.63) is 60.2 Å². The van der Waals surface area contributed by atoms with Crippen LogP contribution < -0.4 is 14.8 Å². The summed E-state index contributed by atoms with van der Waals surface area (Å²) in [6.45, 7) is 3.88. The Morgan fingerprint density at radius 2 is 1.80 bits per heavy atom. The van der Waals surface area contributed by atoms with E-state index in [-0.39, 0.29) is 12.1 Å². The summed E-state index contributed by atoms with van der Waals surface area (Å²) in [6.07, 6.45) is 0.518. The van der Waals surface area contributed by atoms with E-state index < -0.39 is 0 Å². The molecular weight excluding hydrogens is 384 g/mol. The number of ether oxygens (including phenoxy) is 4. The van der Waals surface area contributed by atoms with Gasteiger partial charge in [0.15, 0.2) is 0 Å². The number of nitrogens with zero attached hydrogens (tertiary/aromatic N) is 1. The van der Waals surface area contributed by atoms with E-state index in [9.17, 15) is 4.79 Å². The van der Waals surface area contributed by atoms with Gasteiger partial charge in [0.05, 0.1) is 13.2 Å². The van der Waals surface area contributed by atoms with Crippen molar-refractivity contribution < 1.29 is 23.7 Å². The SMILES string of the molecule is COCCOc1cccc(OCC[C@@H]2CN(C(=O)OCc3ccccc3)CCN2)c1. The molecule has 1 heterocycles. The number of carbonyl (C=O) groups excluding carboxylic acids is 1. The van der Waals surface area contributed by atoms with Gasteiger partial charge in [-0.25, -0.2) is 4.79 Å². The number of piperazine rings is 1. The van der Waals surface area contributed by atoms with Crippen LogP contribution in [0.15, 0.2) is 54.6 Å². The third-order valence-corrected chi connectivity index (χ3v) is 4.82. The molecule has 1 fully saturated rings. The number of benzene rings is 2. The number of hydrogen-bond acceptors (Lipinski definition) is 6. The summed E-state index contributed by atoms with van der Waals surface area (Å²) in [6, 6.07) is 17.5. The maximum absolute atomic E-state index is 12.4. The van der Waals surface area contributed by atoms with Gasteiger partial charge in [-0.1, -0.05) is 36.4 Å². The average Bonchev–Trinajstić information content (AvgIpc) is 2.79. The maximum atomic E-state index is 12.4. The quantitative estimate of drug-likeness (QED) is 0.603. The Kier molecular flexibility index (Phi) is 8.80. The monoisotopic (exact) mass is 414 g/mol. The molecule has 1 aliphatic heterocycles. The molecule has 0 aromatic heterocycles. The third-order valence-electron chi connectivity index (χ3n) is 4.82. The van der Waals surface area contributed by atoms with Gasteiger partial charge >= 0.3 is 6.09 Å². The van der Waals surface area contributed by atoms with Crippen LogP contribution in [0, 0.1) is 0 Å². The van der Waals surface area contributed by atoms with E-state index in [0.717, 1.165) is 30.0 Å². The van der Waals surface area contributed by atoms with Crippen molar-refractivity contribution in [3.63, 3.8) is 0 Å². The van der Waals surface area contributed by atoms with Crippen molar-refractivity contribution in [1.29, 1.82) is 0 Å². The van der Waals surface area contributed by atoms with Crippen LogP contribution in [-0.2, 0) is 16.1 Å². The fourth-order valence-electron chi connectivity index (χ4n) is 3.21. The van der Waals surface area contributed by atoms with Crippen molar-refractivity contribution in [1.82, 2.24) is 10.2 Å². The van der Waals surface area contributed by atoms with Crippen molar-refractivity contribution in [2.45, 2.75) is 19.1 Å². The van der Waals surface area contributed by atoms with Crippen LogP contribution in [-0.4, -0.2) is 63.6 Å². The van der Waals surface area contributed by atoms with Crippen LogP contribution in [0.1, 0.15) is 12.0 Å². The second kappa shape index (κ2) is 12.0. The minimum Gasteiger partial charge on any atom is -0.493 e. The molecule has 2 aromatic rings. The van der Waals surface area contributed by atoms with Crippen LogP contribution in [0.25, 0.3) is 0 Å². The fourth-order valence-corrected chi connectivity index (χ4v) is 3.21. The highest BCUT2D eigenvalue weighted by molar-refractivity contribution is 5.67. The Morgan fingerprint density at radius 3 is 2.57 bits per heavy atom. The predicted molar refractivity (Wildman–Crippen MR) is 114 cm³/mol. The van der Waals surface area contributed by atoms with Crippen molar-refractivity contribution in [2.75, 3.05) is 46.6 Å². The highest BCUT2D eigenvalue weighted by atomic mass is 16.6. The molecule has 0 bridgehead atoms. The first-order chi connectivity index (χ1) is 14.7. The molecule has 0 unspecified atom stereocenters. The van der Waals surface area contributed by atoms with Crippen LogP contribution >= 0.6 is 0 Å². The first-order valence-corrected chi connectivity index (χ1v) is 10.3. The topological polar surface area (TPSA) is 69.3 Å². The molecule has 3 rings (SSSR count). The molecule has 7 nitrogen and oxygen atoms in total. The molecule has 0 saturated carbocycles. The Morgan fingerprint density at radius 1 is 1.03 bits per heavy atom. The normalized spacial score (nSPS) is 16.2. The lowest BCUT2D eigenvalue weighted by Gasteiger charge is -2.33. The lowest BCUT2D eigenvalue weighted by atomic mass is 10.1. The van der Waals surface area contributed by atoms with E-state index in [4.69, 9.17) is 18.9 Å². The van der Waals surface area contributed by atoms with Crippen molar-refractivity contribution in [2.24, 2.45) is 0 Å².